The monoisotopic (exact) mass is 193 g/mol. The SMILES string of the molecule is Cc1cc(CC2(C(=O)O)CC2)c(C)[nH]1. The number of nitrogens with one attached hydrogen (secondary N) is 1. The molecule has 1 heterocycles. The highest BCUT2D eigenvalue weighted by atomic mass is 16.4. The van der Waals surface area contributed by atoms with Gasteiger partial charge in [0.15, 0.2) is 0 Å². The van der Waals surface area contributed by atoms with Crippen molar-refractivity contribution in [1.82, 2.24) is 4.98 Å². The van der Waals surface area contributed by atoms with E-state index in [0.717, 1.165) is 29.8 Å². The van der Waals surface area contributed by atoms with Gasteiger partial charge in [-0.1, -0.05) is 0 Å². The maximum atomic E-state index is 11.0. The topological polar surface area (TPSA) is 53.1 Å². The summed E-state index contributed by atoms with van der Waals surface area (Å²) >= 11 is 0. The molecule has 1 aliphatic carbocycles. The van der Waals surface area contributed by atoms with Gasteiger partial charge in [0.1, 0.15) is 0 Å². The Bertz CT molecular complexity index is 375. The third-order valence-electron chi connectivity index (χ3n) is 3.09. The van der Waals surface area contributed by atoms with Crippen molar-refractivity contribution in [3.63, 3.8) is 0 Å². The van der Waals surface area contributed by atoms with Gasteiger partial charge in [-0.2, -0.15) is 0 Å². The molecule has 0 aromatic carbocycles. The molecule has 2 rings (SSSR count). The van der Waals surface area contributed by atoms with Gasteiger partial charge in [0.2, 0.25) is 0 Å². The first-order valence-corrected chi connectivity index (χ1v) is 4.92. The average Bonchev–Trinajstić information content (AvgIpc) is 2.77. The molecule has 0 radical (unpaired) electrons. The van der Waals surface area contributed by atoms with Crippen LogP contribution in [0.1, 0.15) is 29.8 Å². The molecule has 3 heteroatoms. The Labute approximate surface area is 83.1 Å². The number of hydrogen-bond acceptors (Lipinski definition) is 1. The number of carbonyl (C=O) groups is 1. The van der Waals surface area contributed by atoms with E-state index in [1.807, 2.05) is 13.8 Å². The predicted molar refractivity (Wildman–Crippen MR) is 53.3 cm³/mol. The maximum absolute atomic E-state index is 11.0. The summed E-state index contributed by atoms with van der Waals surface area (Å²) in [5.74, 6) is -0.643. The number of hydrogen-bond donors (Lipinski definition) is 2. The molecular formula is C11H15NO2. The number of rotatable bonds is 3. The zero-order valence-corrected chi connectivity index (χ0v) is 8.55. The second-order valence-corrected chi connectivity index (χ2v) is 4.36. The fourth-order valence-corrected chi connectivity index (χ4v) is 1.95. The summed E-state index contributed by atoms with van der Waals surface area (Å²) in [5, 5.41) is 9.05. The maximum Gasteiger partial charge on any atom is 0.309 e. The molecule has 1 aliphatic rings. The summed E-state index contributed by atoms with van der Waals surface area (Å²) in [5.41, 5.74) is 2.93. The third-order valence-corrected chi connectivity index (χ3v) is 3.09. The second-order valence-electron chi connectivity index (χ2n) is 4.36. The minimum absolute atomic E-state index is 0.445. The smallest absolute Gasteiger partial charge is 0.309 e. The fourth-order valence-electron chi connectivity index (χ4n) is 1.95. The summed E-state index contributed by atoms with van der Waals surface area (Å²) in [6.45, 7) is 4.00. The Morgan fingerprint density at radius 2 is 2.21 bits per heavy atom. The molecule has 0 atom stereocenters. The summed E-state index contributed by atoms with van der Waals surface area (Å²) < 4.78 is 0. The normalized spacial score (nSPS) is 18.1. The van der Waals surface area contributed by atoms with E-state index in [-0.39, 0.29) is 0 Å². The molecule has 0 spiro atoms. The van der Waals surface area contributed by atoms with Gasteiger partial charge in [0, 0.05) is 11.4 Å². The molecule has 0 unspecified atom stereocenters. The lowest BCUT2D eigenvalue weighted by Crippen LogP contribution is -2.17. The number of aromatic amines is 1. The molecule has 0 amide bonds. The summed E-state index contributed by atoms with van der Waals surface area (Å²) in [7, 11) is 0. The Balaban J connectivity index is 2.19. The first-order chi connectivity index (χ1) is 6.53. The number of carboxylic acids is 1. The molecule has 76 valence electrons. The number of aryl methyl sites for hydroxylation is 2. The minimum Gasteiger partial charge on any atom is -0.481 e. The zero-order chi connectivity index (χ0) is 10.3. The van der Waals surface area contributed by atoms with Crippen molar-refractivity contribution in [2.24, 2.45) is 5.41 Å². The van der Waals surface area contributed by atoms with Crippen LogP contribution < -0.4 is 0 Å². The van der Waals surface area contributed by atoms with Gasteiger partial charge in [-0.3, -0.25) is 4.79 Å². The minimum atomic E-state index is -0.643. The van der Waals surface area contributed by atoms with Crippen molar-refractivity contribution in [1.29, 1.82) is 0 Å². The molecule has 1 aromatic heterocycles. The fraction of sp³-hybridized carbons (Fsp3) is 0.545. The first kappa shape index (κ1) is 9.31. The van der Waals surface area contributed by atoms with Gasteiger partial charge < -0.3 is 10.1 Å². The van der Waals surface area contributed by atoms with Crippen LogP contribution >= 0.6 is 0 Å². The van der Waals surface area contributed by atoms with E-state index in [1.54, 1.807) is 0 Å². The van der Waals surface area contributed by atoms with Crippen LogP contribution in [0.3, 0.4) is 0 Å². The highest BCUT2D eigenvalue weighted by Crippen LogP contribution is 2.48. The highest BCUT2D eigenvalue weighted by molar-refractivity contribution is 5.78. The molecule has 14 heavy (non-hydrogen) atoms. The molecule has 2 N–H and O–H groups in total. The predicted octanol–water partition coefficient (Wildman–Crippen LogP) is 2.04. The van der Waals surface area contributed by atoms with E-state index in [9.17, 15) is 4.79 Å². The van der Waals surface area contributed by atoms with E-state index >= 15 is 0 Å². The number of aromatic nitrogens is 1. The number of aliphatic carboxylic acids is 1. The molecule has 0 saturated heterocycles. The molecule has 0 aliphatic heterocycles. The third kappa shape index (κ3) is 1.43. The lowest BCUT2D eigenvalue weighted by Gasteiger charge is -2.08. The van der Waals surface area contributed by atoms with Crippen LogP contribution in [-0.2, 0) is 11.2 Å². The van der Waals surface area contributed by atoms with Crippen LogP contribution in [0.4, 0.5) is 0 Å². The second kappa shape index (κ2) is 2.87. The van der Waals surface area contributed by atoms with Crippen molar-refractivity contribution in [3.05, 3.63) is 23.0 Å². The Morgan fingerprint density at radius 1 is 1.57 bits per heavy atom. The van der Waals surface area contributed by atoms with Crippen LogP contribution in [0, 0.1) is 19.3 Å². The average molecular weight is 193 g/mol. The molecular weight excluding hydrogens is 178 g/mol. The Kier molecular flexibility index (Phi) is 1.91. The van der Waals surface area contributed by atoms with Crippen molar-refractivity contribution in [2.75, 3.05) is 0 Å². The van der Waals surface area contributed by atoms with Crippen LogP contribution in [-0.4, -0.2) is 16.1 Å². The highest BCUT2D eigenvalue weighted by Gasteiger charge is 2.50. The lowest BCUT2D eigenvalue weighted by atomic mass is 9.97. The zero-order valence-electron chi connectivity index (χ0n) is 8.55. The van der Waals surface area contributed by atoms with Crippen molar-refractivity contribution < 1.29 is 9.90 Å². The van der Waals surface area contributed by atoms with Crippen LogP contribution in [0.5, 0.6) is 0 Å². The summed E-state index contributed by atoms with van der Waals surface area (Å²) in [4.78, 5) is 14.2. The largest absolute Gasteiger partial charge is 0.481 e. The van der Waals surface area contributed by atoms with Crippen LogP contribution in [0.2, 0.25) is 0 Å². The number of carboxylic acid groups (broad SMARTS) is 1. The van der Waals surface area contributed by atoms with Gasteiger partial charge in [0.25, 0.3) is 0 Å². The van der Waals surface area contributed by atoms with E-state index < -0.39 is 11.4 Å². The summed E-state index contributed by atoms with van der Waals surface area (Å²) in [6.07, 6.45) is 2.33. The van der Waals surface area contributed by atoms with E-state index in [2.05, 4.69) is 11.1 Å². The van der Waals surface area contributed by atoms with E-state index in [4.69, 9.17) is 5.11 Å². The summed E-state index contributed by atoms with van der Waals surface area (Å²) in [6, 6.07) is 2.05. The van der Waals surface area contributed by atoms with Gasteiger partial charge in [0.05, 0.1) is 5.41 Å². The lowest BCUT2D eigenvalue weighted by molar-refractivity contribution is -0.143. The first-order valence-electron chi connectivity index (χ1n) is 4.92. The Morgan fingerprint density at radius 3 is 2.57 bits per heavy atom. The molecule has 1 saturated carbocycles. The van der Waals surface area contributed by atoms with Gasteiger partial charge in [-0.15, -0.1) is 0 Å². The van der Waals surface area contributed by atoms with Gasteiger partial charge >= 0.3 is 5.97 Å². The van der Waals surface area contributed by atoms with Crippen molar-refractivity contribution in [2.45, 2.75) is 33.1 Å². The van der Waals surface area contributed by atoms with Crippen molar-refractivity contribution >= 4 is 5.97 Å². The number of H-pyrrole nitrogens is 1. The molecule has 1 fully saturated rings. The van der Waals surface area contributed by atoms with Crippen molar-refractivity contribution in [3.8, 4) is 0 Å². The quantitative estimate of drug-likeness (QED) is 0.771. The Hall–Kier alpha value is -1.25. The van der Waals surface area contributed by atoms with E-state index in [1.165, 1.54) is 0 Å². The van der Waals surface area contributed by atoms with Gasteiger partial charge in [-0.05, 0) is 44.7 Å². The van der Waals surface area contributed by atoms with Crippen LogP contribution in [0.25, 0.3) is 0 Å². The molecule has 0 bridgehead atoms. The van der Waals surface area contributed by atoms with Gasteiger partial charge in [-0.25, -0.2) is 0 Å². The molecule has 1 aromatic rings. The van der Waals surface area contributed by atoms with E-state index in [0.29, 0.717) is 6.42 Å². The van der Waals surface area contributed by atoms with Crippen LogP contribution in [0.15, 0.2) is 6.07 Å². The standard InChI is InChI=1S/C11H15NO2/c1-7-5-9(8(2)12-7)6-11(3-4-11)10(13)14/h5,12H,3-4,6H2,1-2H3,(H,13,14). The molecule has 3 nitrogen and oxygen atoms in total.